The Morgan fingerprint density at radius 3 is 2.45 bits per heavy atom. The van der Waals surface area contributed by atoms with Crippen molar-refractivity contribution in [2.24, 2.45) is 0 Å². The fraction of sp³-hybridized carbons (Fsp3) is 0.316. The SMILES string of the molecule is CCOC(=O)c1cnn(-c2ccc(-n3cc(CCCC(=O)O)nn3)cc2)c1C(F)(F)F. The molecule has 1 N–H and O–H groups in total. The van der Waals surface area contributed by atoms with E-state index in [1.807, 2.05) is 0 Å². The molecule has 9 nitrogen and oxygen atoms in total. The van der Waals surface area contributed by atoms with Gasteiger partial charge in [0.2, 0.25) is 0 Å². The van der Waals surface area contributed by atoms with Crippen molar-refractivity contribution >= 4 is 11.9 Å². The molecule has 0 saturated heterocycles. The second-order valence-electron chi connectivity index (χ2n) is 6.46. The first-order valence-electron chi connectivity index (χ1n) is 9.27. The topological polar surface area (TPSA) is 112 Å². The van der Waals surface area contributed by atoms with Crippen LogP contribution < -0.4 is 0 Å². The number of carbonyl (C=O) groups is 2. The first-order chi connectivity index (χ1) is 14.7. The van der Waals surface area contributed by atoms with E-state index in [0.717, 1.165) is 6.20 Å². The van der Waals surface area contributed by atoms with Crippen molar-refractivity contribution in [3.63, 3.8) is 0 Å². The molecule has 0 aliphatic carbocycles. The number of carbonyl (C=O) groups excluding carboxylic acids is 1. The first kappa shape index (κ1) is 22.0. The van der Waals surface area contributed by atoms with Gasteiger partial charge in [0.05, 0.1) is 36.1 Å². The molecule has 3 aromatic rings. The number of aliphatic carboxylic acids is 1. The van der Waals surface area contributed by atoms with Crippen molar-refractivity contribution in [3.05, 3.63) is 53.6 Å². The van der Waals surface area contributed by atoms with Crippen molar-refractivity contribution in [1.29, 1.82) is 0 Å². The van der Waals surface area contributed by atoms with Gasteiger partial charge in [0.1, 0.15) is 5.56 Å². The molecule has 0 saturated carbocycles. The Balaban J connectivity index is 1.84. The molecule has 0 fully saturated rings. The number of aryl methyl sites for hydroxylation is 1. The molecule has 2 heterocycles. The minimum atomic E-state index is -4.83. The number of rotatable bonds is 8. The van der Waals surface area contributed by atoms with Gasteiger partial charge in [-0.3, -0.25) is 4.79 Å². The summed E-state index contributed by atoms with van der Waals surface area (Å²) >= 11 is 0. The van der Waals surface area contributed by atoms with E-state index in [0.29, 0.717) is 28.9 Å². The standard InChI is InChI=1S/C19H18F3N5O4/c1-2-31-18(30)15-10-23-27(17(15)19(20,21)22)14-8-6-13(7-9-14)26-11-12(24-25-26)4-3-5-16(28)29/h6-11H,2-5H2,1H3,(H,28,29). The van der Waals surface area contributed by atoms with Gasteiger partial charge in [-0.25, -0.2) is 14.2 Å². The average Bonchev–Trinajstić information content (AvgIpc) is 3.35. The van der Waals surface area contributed by atoms with Gasteiger partial charge in [0, 0.05) is 6.42 Å². The van der Waals surface area contributed by atoms with Crippen molar-refractivity contribution in [2.45, 2.75) is 32.4 Å². The molecular formula is C19H18F3N5O4. The van der Waals surface area contributed by atoms with E-state index < -0.39 is 29.4 Å². The molecule has 2 aromatic heterocycles. The van der Waals surface area contributed by atoms with E-state index in [1.165, 1.54) is 35.9 Å². The number of halogens is 3. The van der Waals surface area contributed by atoms with Crippen LogP contribution in [0.25, 0.3) is 11.4 Å². The summed E-state index contributed by atoms with van der Waals surface area (Å²) in [4.78, 5) is 22.5. The van der Waals surface area contributed by atoms with Crippen molar-refractivity contribution in [1.82, 2.24) is 24.8 Å². The van der Waals surface area contributed by atoms with E-state index >= 15 is 0 Å². The summed E-state index contributed by atoms with van der Waals surface area (Å²) < 4.78 is 47.6. The minimum Gasteiger partial charge on any atom is -0.481 e. The Hall–Kier alpha value is -3.70. The third-order valence-electron chi connectivity index (χ3n) is 4.26. The molecule has 31 heavy (non-hydrogen) atoms. The van der Waals surface area contributed by atoms with Crippen LogP contribution in [0.4, 0.5) is 13.2 Å². The summed E-state index contributed by atoms with van der Waals surface area (Å²) in [7, 11) is 0. The van der Waals surface area contributed by atoms with Crippen molar-refractivity contribution in [2.75, 3.05) is 6.61 Å². The predicted molar refractivity (Wildman–Crippen MR) is 100 cm³/mol. The highest BCUT2D eigenvalue weighted by Gasteiger charge is 2.41. The summed E-state index contributed by atoms with van der Waals surface area (Å²) in [5.41, 5.74) is -0.669. The molecule has 0 amide bonds. The zero-order chi connectivity index (χ0) is 22.6. The van der Waals surface area contributed by atoms with Crippen LogP contribution in [-0.2, 0) is 22.1 Å². The molecule has 0 aliphatic heterocycles. The molecule has 12 heteroatoms. The number of aromatic nitrogens is 5. The second-order valence-corrected chi connectivity index (χ2v) is 6.46. The molecule has 164 valence electrons. The highest BCUT2D eigenvalue weighted by molar-refractivity contribution is 5.90. The van der Waals surface area contributed by atoms with Gasteiger partial charge < -0.3 is 9.84 Å². The van der Waals surface area contributed by atoms with E-state index in [9.17, 15) is 22.8 Å². The van der Waals surface area contributed by atoms with Crippen LogP contribution in [0.2, 0.25) is 0 Å². The van der Waals surface area contributed by atoms with Crippen LogP contribution in [-0.4, -0.2) is 48.4 Å². The third kappa shape index (κ3) is 5.08. The number of hydrogen-bond acceptors (Lipinski definition) is 6. The summed E-state index contributed by atoms with van der Waals surface area (Å²) in [5.74, 6) is -2.00. The maximum Gasteiger partial charge on any atom is 0.434 e. The van der Waals surface area contributed by atoms with E-state index in [4.69, 9.17) is 5.11 Å². The fourth-order valence-corrected chi connectivity index (χ4v) is 2.88. The predicted octanol–water partition coefficient (Wildman–Crippen LogP) is 3.06. The van der Waals surface area contributed by atoms with Crippen LogP contribution in [0, 0.1) is 0 Å². The van der Waals surface area contributed by atoms with E-state index in [-0.39, 0.29) is 18.7 Å². The van der Waals surface area contributed by atoms with Crippen LogP contribution >= 0.6 is 0 Å². The summed E-state index contributed by atoms with van der Waals surface area (Å²) in [6.45, 7) is 1.43. The van der Waals surface area contributed by atoms with Gasteiger partial charge in [-0.05, 0) is 44.0 Å². The van der Waals surface area contributed by atoms with Crippen LogP contribution in [0.5, 0.6) is 0 Å². The van der Waals surface area contributed by atoms with Crippen molar-refractivity contribution < 1.29 is 32.6 Å². The Morgan fingerprint density at radius 2 is 1.84 bits per heavy atom. The highest BCUT2D eigenvalue weighted by Crippen LogP contribution is 2.34. The highest BCUT2D eigenvalue weighted by atomic mass is 19.4. The average molecular weight is 437 g/mol. The largest absolute Gasteiger partial charge is 0.481 e. The molecule has 0 radical (unpaired) electrons. The maximum atomic E-state index is 13.6. The molecule has 0 spiro atoms. The van der Waals surface area contributed by atoms with E-state index in [2.05, 4.69) is 20.1 Å². The summed E-state index contributed by atoms with van der Waals surface area (Å²) in [6, 6.07) is 5.85. The molecule has 0 aliphatic rings. The maximum absolute atomic E-state index is 13.6. The number of esters is 1. The Morgan fingerprint density at radius 1 is 1.16 bits per heavy atom. The second kappa shape index (κ2) is 8.98. The fourth-order valence-electron chi connectivity index (χ4n) is 2.88. The molecule has 0 bridgehead atoms. The minimum absolute atomic E-state index is 0.0146. The number of carboxylic acids is 1. The van der Waals surface area contributed by atoms with Gasteiger partial charge >= 0.3 is 18.1 Å². The lowest BCUT2D eigenvalue weighted by atomic mass is 10.2. The zero-order valence-electron chi connectivity index (χ0n) is 16.3. The lowest BCUT2D eigenvalue weighted by Crippen LogP contribution is -2.18. The number of hydrogen-bond donors (Lipinski definition) is 1. The van der Waals surface area contributed by atoms with Crippen LogP contribution in [0.15, 0.2) is 36.7 Å². The number of nitrogens with zero attached hydrogens (tertiary/aromatic N) is 5. The lowest BCUT2D eigenvalue weighted by Gasteiger charge is -2.12. The van der Waals surface area contributed by atoms with Gasteiger partial charge in [-0.2, -0.15) is 18.3 Å². The quantitative estimate of drug-likeness (QED) is 0.539. The lowest BCUT2D eigenvalue weighted by molar-refractivity contribution is -0.143. The van der Waals surface area contributed by atoms with Crippen LogP contribution in [0.3, 0.4) is 0 Å². The third-order valence-corrected chi connectivity index (χ3v) is 4.26. The molecule has 3 rings (SSSR count). The number of benzene rings is 1. The van der Waals surface area contributed by atoms with Gasteiger partial charge in [-0.1, -0.05) is 5.21 Å². The normalized spacial score (nSPS) is 11.5. The Kier molecular flexibility index (Phi) is 6.37. The molecule has 0 unspecified atom stereocenters. The summed E-state index contributed by atoms with van der Waals surface area (Å²) in [6.07, 6.45) is -1.52. The van der Waals surface area contributed by atoms with Crippen LogP contribution in [0.1, 0.15) is 41.5 Å². The van der Waals surface area contributed by atoms with Gasteiger partial charge in [0.15, 0.2) is 5.69 Å². The number of carboxylic acid groups (broad SMARTS) is 1. The molecular weight excluding hydrogens is 419 g/mol. The molecule has 0 atom stereocenters. The smallest absolute Gasteiger partial charge is 0.434 e. The van der Waals surface area contributed by atoms with E-state index in [1.54, 1.807) is 6.20 Å². The monoisotopic (exact) mass is 437 g/mol. The number of alkyl halides is 3. The van der Waals surface area contributed by atoms with Gasteiger partial charge in [0.25, 0.3) is 0 Å². The summed E-state index contributed by atoms with van der Waals surface area (Å²) in [5, 5.41) is 20.3. The number of ether oxygens (including phenoxy) is 1. The first-order valence-corrected chi connectivity index (χ1v) is 9.27. The van der Waals surface area contributed by atoms with Gasteiger partial charge in [-0.15, -0.1) is 5.10 Å². The molecule has 1 aromatic carbocycles. The Labute approximate surface area is 174 Å². The Bertz CT molecular complexity index is 1070. The zero-order valence-corrected chi connectivity index (χ0v) is 16.3. The van der Waals surface area contributed by atoms with Crippen molar-refractivity contribution in [3.8, 4) is 11.4 Å².